The summed E-state index contributed by atoms with van der Waals surface area (Å²) in [5.74, 6) is 0.404. The molecule has 0 atom stereocenters. The number of anilines is 1. The molecule has 1 aromatic heterocycles. The van der Waals surface area contributed by atoms with Crippen molar-refractivity contribution in [3.05, 3.63) is 63.8 Å². The van der Waals surface area contributed by atoms with Crippen molar-refractivity contribution in [2.45, 2.75) is 6.92 Å². The van der Waals surface area contributed by atoms with Crippen LogP contribution >= 0.6 is 0 Å². The van der Waals surface area contributed by atoms with E-state index in [1.165, 1.54) is 18.2 Å². The Kier molecular flexibility index (Phi) is 5.95. The van der Waals surface area contributed by atoms with Crippen LogP contribution in [0, 0.1) is 17.0 Å². The third-order valence-electron chi connectivity index (χ3n) is 3.06. The first kappa shape index (κ1) is 17.1. The SMILES string of the molecule is Cc1ccc(NCCNC(=O)/C=C/c2ccc([N+](=O)[O-])cc2)nn1. The van der Waals surface area contributed by atoms with Gasteiger partial charge in [-0.25, -0.2) is 0 Å². The molecule has 1 amide bonds. The van der Waals surface area contributed by atoms with Gasteiger partial charge in [-0.05, 0) is 42.8 Å². The van der Waals surface area contributed by atoms with Crippen LogP contribution in [0.4, 0.5) is 11.5 Å². The maximum absolute atomic E-state index is 11.7. The molecular formula is C16H17N5O3. The number of hydrogen-bond acceptors (Lipinski definition) is 6. The number of aromatic nitrogens is 2. The predicted octanol–water partition coefficient (Wildman–Crippen LogP) is 1.93. The lowest BCUT2D eigenvalue weighted by atomic mass is 10.2. The van der Waals surface area contributed by atoms with Gasteiger partial charge >= 0.3 is 0 Å². The van der Waals surface area contributed by atoms with Gasteiger partial charge < -0.3 is 10.6 Å². The van der Waals surface area contributed by atoms with Crippen molar-refractivity contribution < 1.29 is 9.72 Å². The Morgan fingerprint density at radius 1 is 1.17 bits per heavy atom. The summed E-state index contributed by atoms with van der Waals surface area (Å²) >= 11 is 0. The molecule has 1 aromatic carbocycles. The maximum atomic E-state index is 11.7. The van der Waals surface area contributed by atoms with Gasteiger partial charge in [-0.2, -0.15) is 5.10 Å². The van der Waals surface area contributed by atoms with Crippen LogP contribution in [0.3, 0.4) is 0 Å². The first-order valence-electron chi connectivity index (χ1n) is 7.29. The molecule has 8 nitrogen and oxygen atoms in total. The number of carbonyl (C=O) groups is 1. The van der Waals surface area contributed by atoms with Crippen molar-refractivity contribution in [1.29, 1.82) is 0 Å². The monoisotopic (exact) mass is 327 g/mol. The Hall–Kier alpha value is -3.29. The Balaban J connectivity index is 1.72. The molecule has 0 bridgehead atoms. The smallest absolute Gasteiger partial charge is 0.269 e. The molecule has 0 fully saturated rings. The lowest BCUT2D eigenvalue weighted by Gasteiger charge is -2.05. The van der Waals surface area contributed by atoms with Crippen LogP contribution in [0.2, 0.25) is 0 Å². The van der Waals surface area contributed by atoms with E-state index in [-0.39, 0.29) is 11.6 Å². The zero-order valence-corrected chi connectivity index (χ0v) is 13.1. The highest BCUT2D eigenvalue weighted by Crippen LogP contribution is 2.12. The van der Waals surface area contributed by atoms with E-state index in [1.54, 1.807) is 18.2 Å². The number of nitro groups is 1. The van der Waals surface area contributed by atoms with Crippen LogP contribution in [0.1, 0.15) is 11.3 Å². The molecule has 24 heavy (non-hydrogen) atoms. The lowest BCUT2D eigenvalue weighted by Crippen LogP contribution is -2.27. The number of non-ortho nitro benzene ring substituents is 1. The van der Waals surface area contributed by atoms with Crippen molar-refractivity contribution in [2.24, 2.45) is 0 Å². The molecule has 2 aromatic rings. The predicted molar refractivity (Wildman–Crippen MR) is 90.4 cm³/mol. The second-order valence-corrected chi connectivity index (χ2v) is 4.96. The van der Waals surface area contributed by atoms with Crippen LogP contribution in [0.15, 0.2) is 42.5 Å². The third kappa shape index (κ3) is 5.48. The molecule has 0 unspecified atom stereocenters. The fourth-order valence-electron chi connectivity index (χ4n) is 1.81. The van der Waals surface area contributed by atoms with Gasteiger partial charge in [0.25, 0.3) is 5.69 Å². The summed E-state index contributed by atoms with van der Waals surface area (Å²) in [5, 5.41) is 24.2. The van der Waals surface area contributed by atoms with Gasteiger partial charge in [0.15, 0.2) is 0 Å². The van der Waals surface area contributed by atoms with Gasteiger partial charge in [-0.3, -0.25) is 14.9 Å². The van der Waals surface area contributed by atoms with E-state index in [0.717, 1.165) is 5.69 Å². The minimum Gasteiger partial charge on any atom is -0.367 e. The summed E-state index contributed by atoms with van der Waals surface area (Å²) < 4.78 is 0. The standard InChI is InChI=1S/C16H17N5O3/c1-12-2-8-15(20-19-12)17-10-11-18-16(22)9-5-13-3-6-14(7-4-13)21(23)24/h2-9H,10-11H2,1H3,(H,17,20)(H,18,22)/b9-5+. The molecule has 0 aliphatic rings. The summed E-state index contributed by atoms with van der Waals surface area (Å²) in [4.78, 5) is 21.8. The Morgan fingerprint density at radius 2 is 1.92 bits per heavy atom. The quantitative estimate of drug-likeness (QED) is 0.348. The second-order valence-electron chi connectivity index (χ2n) is 4.96. The number of benzene rings is 1. The van der Waals surface area contributed by atoms with Crippen molar-refractivity contribution in [2.75, 3.05) is 18.4 Å². The fourth-order valence-corrected chi connectivity index (χ4v) is 1.81. The van der Waals surface area contributed by atoms with E-state index in [1.807, 2.05) is 19.1 Å². The van der Waals surface area contributed by atoms with Crippen LogP contribution in [-0.4, -0.2) is 34.1 Å². The number of nitro benzene ring substituents is 1. The van der Waals surface area contributed by atoms with Crippen molar-refractivity contribution in [1.82, 2.24) is 15.5 Å². The van der Waals surface area contributed by atoms with Crippen LogP contribution in [0.5, 0.6) is 0 Å². The number of nitrogens with one attached hydrogen (secondary N) is 2. The highest BCUT2D eigenvalue weighted by molar-refractivity contribution is 5.91. The molecule has 0 radical (unpaired) electrons. The van der Waals surface area contributed by atoms with Gasteiger partial charge in [-0.15, -0.1) is 5.10 Å². The van der Waals surface area contributed by atoms with Gasteiger partial charge in [0.1, 0.15) is 5.82 Å². The summed E-state index contributed by atoms with van der Waals surface area (Å²) in [6.45, 7) is 2.81. The second kappa shape index (κ2) is 8.37. The summed E-state index contributed by atoms with van der Waals surface area (Å²) in [6, 6.07) is 9.62. The van der Waals surface area contributed by atoms with Crippen LogP contribution < -0.4 is 10.6 Å². The Labute approximate surface area is 138 Å². The topological polar surface area (TPSA) is 110 Å². The molecule has 0 saturated heterocycles. The average molecular weight is 327 g/mol. The number of rotatable bonds is 7. The Morgan fingerprint density at radius 3 is 2.54 bits per heavy atom. The molecular weight excluding hydrogens is 310 g/mol. The number of carbonyl (C=O) groups excluding carboxylic acids is 1. The van der Waals surface area contributed by atoms with E-state index in [9.17, 15) is 14.9 Å². The van der Waals surface area contributed by atoms with Gasteiger partial charge in [-0.1, -0.05) is 0 Å². The summed E-state index contributed by atoms with van der Waals surface area (Å²) in [6.07, 6.45) is 2.98. The highest BCUT2D eigenvalue weighted by atomic mass is 16.6. The molecule has 2 rings (SSSR count). The van der Waals surface area contributed by atoms with E-state index in [0.29, 0.717) is 24.5 Å². The lowest BCUT2D eigenvalue weighted by molar-refractivity contribution is -0.384. The van der Waals surface area contributed by atoms with E-state index in [2.05, 4.69) is 20.8 Å². The normalized spacial score (nSPS) is 10.5. The zero-order valence-electron chi connectivity index (χ0n) is 13.1. The minimum absolute atomic E-state index is 0.0156. The molecule has 124 valence electrons. The number of amides is 1. The first-order chi connectivity index (χ1) is 11.5. The van der Waals surface area contributed by atoms with Crippen molar-refractivity contribution in [3.63, 3.8) is 0 Å². The molecule has 1 heterocycles. The molecule has 0 aliphatic carbocycles. The molecule has 0 spiro atoms. The van der Waals surface area contributed by atoms with E-state index >= 15 is 0 Å². The van der Waals surface area contributed by atoms with Gasteiger partial charge in [0, 0.05) is 31.3 Å². The van der Waals surface area contributed by atoms with Gasteiger partial charge in [0.05, 0.1) is 10.6 Å². The molecule has 2 N–H and O–H groups in total. The molecule has 0 saturated carbocycles. The largest absolute Gasteiger partial charge is 0.367 e. The number of hydrogen-bond donors (Lipinski definition) is 2. The summed E-state index contributed by atoms with van der Waals surface area (Å²) in [5.41, 5.74) is 1.57. The fraction of sp³-hybridized carbons (Fsp3) is 0.188. The zero-order chi connectivity index (χ0) is 17.4. The molecule has 8 heteroatoms. The maximum Gasteiger partial charge on any atom is 0.269 e. The first-order valence-corrected chi connectivity index (χ1v) is 7.29. The van der Waals surface area contributed by atoms with E-state index in [4.69, 9.17) is 0 Å². The number of nitrogens with zero attached hydrogens (tertiary/aromatic N) is 3. The van der Waals surface area contributed by atoms with Crippen LogP contribution in [0.25, 0.3) is 6.08 Å². The number of aryl methyl sites for hydroxylation is 1. The van der Waals surface area contributed by atoms with Crippen molar-refractivity contribution >= 4 is 23.5 Å². The Bertz CT molecular complexity index is 726. The third-order valence-corrected chi connectivity index (χ3v) is 3.06. The van der Waals surface area contributed by atoms with E-state index < -0.39 is 4.92 Å². The van der Waals surface area contributed by atoms with Crippen LogP contribution in [-0.2, 0) is 4.79 Å². The van der Waals surface area contributed by atoms with Crippen molar-refractivity contribution in [3.8, 4) is 0 Å². The average Bonchev–Trinajstić information content (AvgIpc) is 2.59. The molecule has 0 aliphatic heterocycles. The highest BCUT2D eigenvalue weighted by Gasteiger charge is 2.02. The summed E-state index contributed by atoms with van der Waals surface area (Å²) in [7, 11) is 0. The van der Waals surface area contributed by atoms with Gasteiger partial charge in [0.2, 0.25) is 5.91 Å². The minimum atomic E-state index is -0.467.